The molecule has 0 N–H and O–H groups in total. The molecule has 21 heavy (non-hydrogen) atoms. The van der Waals surface area contributed by atoms with E-state index in [1.54, 1.807) is 4.68 Å². The molecule has 1 heterocycles. The quantitative estimate of drug-likeness (QED) is 0.715. The lowest BCUT2D eigenvalue weighted by atomic mass is 10.2. The van der Waals surface area contributed by atoms with Crippen LogP contribution in [0.15, 0.2) is 60.7 Å². The van der Waals surface area contributed by atoms with E-state index in [9.17, 15) is 0 Å². The third-order valence-electron chi connectivity index (χ3n) is 3.21. The molecule has 0 fully saturated rings. The van der Waals surface area contributed by atoms with Crippen LogP contribution in [0.1, 0.15) is 18.7 Å². The highest BCUT2D eigenvalue weighted by Crippen LogP contribution is 2.18. The summed E-state index contributed by atoms with van der Waals surface area (Å²) in [6.45, 7) is 2.58. The maximum absolute atomic E-state index is 5.79. The molecule has 0 amide bonds. The highest BCUT2D eigenvalue weighted by atomic mass is 16.5. The Balaban J connectivity index is 1.93. The lowest BCUT2D eigenvalue weighted by molar-refractivity contribution is 0.0404. The maximum atomic E-state index is 5.79. The Labute approximate surface area is 123 Å². The summed E-state index contributed by atoms with van der Waals surface area (Å²) in [5.74, 6) is 0. The maximum Gasteiger partial charge on any atom is 0.171 e. The van der Waals surface area contributed by atoms with Crippen LogP contribution >= 0.6 is 0 Å². The van der Waals surface area contributed by atoms with Gasteiger partial charge in [-0.25, -0.2) is 4.68 Å². The second-order valence-corrected chi connectivity index (χ2v) is 4.64. The summed E-state index contributed by atoms with van der Waals surface area (Å²) in [6.07, 6.45) is 3.78. The van der Waals surface area contributed by atoms with E-state index in [2.05, 4.69) is 22.4 Å². The fourth-order valence-electron chi connectivity index (χ4n) is 2.21. The molecular formula is C17H17N3O. The molecule has 106 valence electrons. The first-order chi connectivity index (χ1) is 10.4. The number of hydrogen-bond acceptors (Lipinski definition) is 3. The Morgan fingerprint density at radius 1 is 1.10 bits per heavy atom. The number of hydrogen-bond donors (Lipinski definition) is 0. The first-order valence-corrected chi connectivity index (χ1v) is 7.03. The van der Waals surface area contributed by atoms with Gasteiger partial charge < -0.3 is 4.74 Å². The van der Waals surface area contributed by atoms with Crippen LogP contribution in [0, 0.1) is 0 Å². The molecule has 1 aromatic heterocycles. The average molecular weight is 279 g/mol. The van der Waals surface area contributed by atoms with Crippen molar-refractivity contribution in [3.05, 3.63) is 66.2 Å². The molecule has 0 aliphatic rings. The first-order valence-electron chi connectivity index (χ1n) is 7.03. The molecular weight excluding hydrogens is 262 g/mol. The molecule has 1 unspecified atom stereocenters. The van der Waals surface area contributed by atoms with Gasteiger partial charge in [-0.1, -0.05) is 53.8 Å². The van der Waals surface area contributed by atoms with Gasteiger partial charge in [-0.3, -0.25) is 0 Å². The molecule has 0 aliphatic heterocycles. The summed E-state index contributed by atoms with van der Waals surface area (Å²) in [7, 11) is 0. The predicted octanol–water partition coefficient (Wildman–Crippen LogP) is 3.68. The number of aromatic nitrogens is 3. The molecule has 0 radical (unpaired) electrons. The molecule has 0 aliphatic carbocycles. The molecule has 3 aromatic rings. The Bertz CT molecular complexity index is 734. The fourth-order valence-corrected chi connectivity index (χ4v) is 2.21. The van der Waals surface area contributed by atoms with E-state index in [1.165, 1.54) is 0 Å². The molecule has 0 saturated carbocycles. The van der Waals surface area contributed by atoms with E-state index in [-0.39, 0.29) is 6.23 Å². The molecule has 0 spiro atoms. The molecule has 1 atom stereocenters. The van der Waals surface area contributed by atoms with Gasteiger partial charge in [0.1, 0.15) is 5.52 Å². The van der Waals surface area contributed by atoms with Crippen LogP contribution in [-0.2, 0) is 4.74 Å². The summed E-state index contributed by atoms with van der Waals surface area (Å²) < 4.78 is 7.59. The van der Waals surface area contributed by atoms with Crippen LogP contribution in [0.2, 0.25) is 0 Å². The normalized spacial score (nSPS) is 13.0. The number of para-hydroxylation sites is 1. The zero-order chi connectivity index (χ0) is 14.5. The first kappa shape index (κ1) is 13.5. The average Bonchev–Trinajstić information content (AvgIpc) is 2.96. The van der Waals surface area contributed by atoms with Crippen LogP contribution in [0.25, 0.3) is 17.1 Å². The highest BCUT2D eigenvalue weighted by Gasteiger charge is 2.12. The number of ether oxygens (including phenoxy) is 1. The number of rotatable bonds is 5. The van der Waals surface area contributed by atoms with Crippen molar-refractivity contribution in [3.63, 3.8) is 0 Å². The second kappa shape index (κ2) is 6.33. The summed E-state index contributed by atoms with van der Waals surface area (Å²) in [5.41, 5.74) is 2.97. The predicted molar refractivity (Wildman–Crippen MR) is 83.7 cm³/mol. The topological polar surface area (TPSA) is 39.9 Å². The van der Waals surface area contributed by atoms with E-state index >= 15 is 0 Å². The van der Waals surface area contributed by atoms with Crippen molar-refractivity contribution in [1.82, 2.24) is 15.0 Å². The molecule has 3 rings (SSSR count). The van der Waals surface area contributed by atoms with Crippen molar-refractivity contribution in [3.8, 4) is 0 Å². The van der Waals surface area contributed by atoms with E-state index in [0.717, 1.165) is 16.6 Å². The van der Waals surface area contributed by atoms with Gasteiger partial charge in [0.2, 0.25) is 0 Å². The Morgan fingerprint density at radius 3 is 2.67 bits per heavy atom. The van der Waals surface area contributed by atoms with Crippen LogP contribution in [0.3, 0.4) is 0 Å². The van der Waals surface area contributed by atoms with Crippen molar-refractivity contribution < 1.29 is 4.74 Å². The van der Waals surface area contributed by atoms with E-state index in [1.807, 2.05) is 61.5 Å². The van der Waals surface area contributed by atoms with Crippen molar-refractivity contribution in [2.24, 2.45) is 0 Å². The zero-order valence-corrected chi connectivity index (χ0v) is 11.9. The minimum Gasteiger partial charge on any atom is -0.353 e. The fraction of sp³-hybridized carbons (Fsp3) is 0.176. The highest BCUT2D eigenvalue weighted by molar-refractivity contribution is 5.74. The van der Waals surface area contributed by atoms with E-state index in [0.29, 0.717) is 6.61 Å². The van der Waals surface area contributed by atoms with Gasteiger partial charge in [-0.2, -0.15) is 0 Å². The van der Waals surface area contributed by atoms with Crippen molar-refractivity contribution >= 4 is 17.1 Å². The monoisotopic (exact) mass is 279 g/mol. The van der Waals surface area contributed by atoms with Gasteiger partial charge in [0.05, 0.1) is 5.52 Å². The molecule has 2 aromatic carbocycles. The van der Waals surface area contributed by atoms with E-state index in [4.69, 9.17) is 4.74 Å². The van der Waals surface area contributed by atoms with Gasteiger partial charge in [-0.05, 0) is 30.7 Å². The van der Waals surface area contributed by atoms with Gasteiger partial charge in [0, 0.05) is 6.61 Å². The minimum atomic E-state index is -0.261. The lowest BCUT2D eigenvalue weighted by Crippen LogP contribution is -2.12. The van der Waals surface area contributed by atoms with Crippen molar-refractivity contribution in [2.45, 2.75) is 13.2 Å². The third-order valence-corrected chi connectivity index (χ3v) is 3.21. The Morgan fingerprint density at radius 2 is 1.86 bits per heavy atom. The van der Waals surface area contributed by atoms with Gasteiger partial charge >= 0.3 is 0 Å². The standard InChI is InChI=1S/C17H17N3O/c1-2-21-17(13-12-14-8-4-3-5-9-14)20-16-11-7-6-10-15(16)18-19-20/h3-13,17H,2H2,1H3/b13-12+. The summed E-state index contributed by atoms with van der Waals surface area (Å²) in [5, 5.41) is 8.39. The van der Waals surface area contributed by atoms with Crippen LogP contribution in [0.5, 0.6) is 0 Å². The summed E-state index contributed by atoms with van der Waals surface area (Å²) in [4.78, 5) is 0. The summed E-state index contributed by atoms with van der Waals surface area (Å²) >= 11 is 0. The largest absolute Gasteiger partial charge is 0.353 e. The van der Waals surface area contributed by atoms with Gasteiger partial charge in [0.25, 0.3) is 0 Å². The molecule has 4 heteroatoms. The van der Waals surface area contributed by atoms with Crippen LogP contribution in [0.4, 0.5) is 0 Å². The van der Waals surface area contributed by atoms with E-state index < -0.39 is 0 Å². The van der Waals surface area contributed by atoms with Crippen molar-refractivity contribution in [1.29, 1.82) is 0 Å². The zero-order valence-electron chi connectivity index (χ0n) is 11.9. The Kier molecular flexibility index (Phi) is 4.07. The Hall–Kier alpha value is -2.46. The molecule has 4 nitrogen and oxygen atoms in total. The van der Waals surface area contributed by atoms with Crippen LogP contribution in [-0.4, -0.2) is 21.6 Å². The summed E-state index contributed by atoms with van der Waals surface area (Å²) in [6, 6.07) is 18.0. The lowest BCUT2D eigenvalue weighted by Gasteiger charge is -2.13. The number of fused-ring (bicyclic) bond motifs is 1. The third kappa shape index (κ3) is 3.01. The smallest absolute Gasteiger partial charge is 0.171 e. The van der Waals surface area contributed by atoms with Crippen LogP contribution < -0.4 is 0 Å². The minimum absolute atomic E-state index is 0.261. The molecule has 0 saturated heterocycles. The van der Waals surface area contributed by atoms with Crippen molar-refractivity contribution in [2.75, 3.05) is 6.61 Å². The number of nitrogens with zero attached hydrogens (tertiary/aromatic N) is 3. The molecule has 0 bridgehead atoms. The van der Waals surface area contributed by atoms with Gasteiger partial charge in [-0.15, -0.1) is 5.10 Å². The van der Waals surface area contributed by atoms with Gasteiger partial charge in [0.15, 0.2) is 6.23 Å². The SMILES string of the molecule is CCOC(/C=C/c1ccccc1)n1nnc2ccccc21. The second-order valence-electron chi connectivity index (χ2n) is 4.64. The number of benzene rings is 2.